The van der Waals surface area contributed by atoms with E-state index in [2.05, 4.69) is 72.5 Å². The molecule has 47 heavy (non-hydrogen) atoms. The van der Waals surface area contributed by atoms with Crippen LogP contribution in [0.15, 0.2) is 49.1 Å². The summed E-state index contributed by atoms with van der Waals surface area (Å²) in [5.74, 6) is 0.710. The Morgan fingerprint density at radius 2 is 0.851 bits per heavy atom. The lowest BCUT2D eigenvalue weighted by Crippen LogP contribution is -2.42. The summed E-state index contributed by atoms with van der Waals surface area (Å²) in [4.78, 5) is 3.37. The molecule has 0 spiro atoms. The van der Waals surface area contributed by atoms with Gasteiger partial charge in [0.1, 0.15) is 18.4 Å². The Bertz CT molecular complexity index is 859. The Kier molecular flexibility index (Phi) is 28.0. The highest BCUT2D eigenvalue weighted by molar-refractivity contribution is 5.15. The van der Waals surface area contributed by atoms with Gasteiger partial charge in [-0.25, -0.2) is 4.57 Å². The monoisotopic (exact) mass is 650 g/mol. The summed E-state index contributed by atoms with van der Waals surface area (Å²) < 4.78 is 2.51. The molecule has 0 fully saturated rings. The predicted molar refractivity (Wildman–Crippen MR) is 208 cm³/mol. The maximum Gasteiger partial charge on any atom is 0.241 e. The van der Waals surface area contributed by atoms with Crippen LogP contribution in [0.3, 0.4) is 0 Å². The Hall–Kier alpha value is -1.57. The number of nitrogens with zero attached hydrogens (tertiary/aromatic N) is 1. The highest BCUT2D eigenvalue weighted by Gasteiger charge is 2.26. The Balaban J connectivity index is 1.63. The molecule has 0 radical (unpaired) electrons. The first-order valence-electron chi connectivity index (χ1n) is 21.4. The van der Waals surface area contributed by atoms with Crippen LogP contribution in [-0.2, 0) is 6.42 Å². The van der Waals surface area contributed by atoms with Gasteiger partial charge in [0.2, 0.25) is 6.33 Å². The van der Waals surface area contributed by atoms with Gasteiger partial charge in [0.15, 0.2) is 0 Å². The number of H-pyrrole nitrogens is 1. The minimum Gasteiger partial charge on any atom is -0.250 e. The van der Waals surface area contributed by atoms with E-state index >= 15 is 0 Å². The van der Waals surface area contributed by atoms with Crippen molar-refractivity contribution in [1.82, 2.24) is 4.98 Å². The molecule has 2 rings (SSSR count). The summed E-state index contributed by atoms with van der Waals surface area (Å²) in [5.41, 5.74) is 1.51. The topological polar surface area (TPSA) is 19.7 Å². The fourth-order valence-electron chi connectivity index (χ4n) is 7.81. The van der Waals surface area contributed by atoms with E-state index in [0.29, 0.717) is 12.0 Å². The number of aromatic amines is 1. The van der Waals surface area contributed by atoms with Crippen molar-refractivity contribution in [1.29, 1.82) is 0 Å². The van der Waals surface area contributed by atoms with Gasteiger partial charge in [0, 0.05) is 5.92 Å². The standard InChI is InChI=1S/C45H80N2/c1-3-5-7-9-11-13-15-17-18-19-21-23-25-27-29-34-38-45(47-40-39-46-42-47)44(41-43-35-31-30-32-36-43)37-33-28-26-24-22-20-16-14-12-10-8-6-4-2/h30-32,35-36,39-40,42,44-45H,3-29,33-34,37-38,41H2,1-2H3/p+1. The van der Waals surface area contributed by atoms with Crippen molar-refractivity contribution >= 4 is 0 Å². The van der Waals surface area contributed by atoms with E-state index in [1.165, 1.54) is 211 Å². The molecule has 1 N–H and O–H groups in total. The third kappa shape index (κ3) is 23.4. The molecule has 0 aliphatic rings. The second-order valence-electron chi connectivity index (χ2n) is 15.2. The second-order valence-corrected chi connectivity index (χ2v) is 15.2. The number of nitrogens with one attached hydrogen (secondary N) is 1. The van der Waals surface area contributed by atoms with E-state index in [1.54, 1.807) is 0 Å². The van der Waals surface area contributed by atoms with Gasteiger partial charge in [-0.2, -0.15) is 0 Å². The molecule has 0 aliphatic carbocycles. The van der Waals surface area contributed by atoms with Crippen molar-refractivity contribution < 1.29 is 4.57 Å². The first-order valence-corrected chi connectivity index (χ1v) is 21.4. The summed E-state index contributed by atoms with van der Waals surface area (Å²) in [6.07, 6.45) is 52.2. The maximum atomic E-state index is 3.37. The zero-order valence-electron chi connectivity index (χ0n) is 31.8. The Morgan fingerprint density at radius 3 is 1.23 bits per heavy atom. The largest absolute Gasteiger partial charge is 0.250 e. The Labute approximate surface area is 294 Å². The molecule has 2 heteroatoms. The molecule has 270 valence electrons. The number of imidazole rings is 1. The minimum absolute atomic E-state index is 0.602. The normalized spacial score (nSPS) is 12.9. The molecule has 0 bridgehead atoms. The highest BCUT2D eigenvalue weighted by Crippen LogP contribution is 2.29. The summed E-state index contributed by atoms with van der Waals surface area (Å²) in [6, 6.07) is 11.9. The van der Waals surface area contributed by atoms with Crippen LogP contribution < -0.4 is 4.57 Å². The lowest BCUT2D eigenvalue weighted by Gasteiger charge is -2.25. The fraction of sp³-hybridized carbons (Fsp3) is 0.800. The zero-order valence-corrected chi connectivity index (χ0v) is 31.8. The van der Waals surface area contributed by atoms with E-state index in [0.717, 1.165) is 0 Å². The molecule has 1 aromatic carbocycles. The summed E-state index contributed by atoms with van der Waals surface area (Å²) >= 11 is 0. The maximum absolute atomic E-state index is 3.37. The van der Waals surface area contributed by atoms with E-state index in [9.17, 15) is 0 Å². The van der Waals surface area contributed by atoms with Gasteiger partial charge >= 0.3 is 0 Å². The first-order chi connectivity index (χ1) is 23.3. The van der Waals surface area contributed by atoms with Crippen molar-refractivity contribution in [2.24, 2.45) is 5.92 Å². The number of benzene rings is 1. The van der Waals surface area contributed by atoms with E-state index in [4.69, 9.17) is 0 Å². The van der Waals surface area contributed by atoms with Crippen molar-refractivity contribution in [2.75, 3.05) is 0 Å². The smallest absolute Gasteiger partial charge is 0.241 e. The van der Waals surface area contributed by atoms with Crippen LogP contribution in [0.2, 0.25) is 0 Å². The van der Waals surface area contributed by atoms with Gasteiger partial charge in [-0.3, -0.25) is 4.98 Å². The van der Waals surface area contributed by atoms with Crippen LogP contribution in [0, 0.1) is 5.92 Å². The van der Waals surface area contributed by atoms with Crippen LogP contribution in [0.5, 0.6) is 0 Å². The molecular weight excluding hydrogens is 569 g/mol. The van der Waals surface area contributed by atoms with Crippen molar-refractivity contribution in [2.45, 2.75) is 225 Å². The van der Waals surface area contributed by atoms with Gasteiger partial charge in [-0.15, -0.1) is 0 Å². The molecular formula is C45H81N2+. The van der Waals surface area contributed by atoms with Crippen LogP contribution >= 0.6 is 0 Å². The number of rotatable bonds is 35. The van der Waals surface area contributed by atoms with Crippen LogP contribution in [0.4, 0.5) is 0 Å². The lowest BCUT2D eigenvalue weighted by molar-refractivity contribution is -0.730. The third-order valence-electron chi connectivity index (χ3n) is 10.9. The van der Waals surface area contributed by atoms with E-state index in [-0.39, 0.29) is 0 Å². The average Bonchev–Trinajstić information content (AvgIpc) is 3.63. The van der Waals surface area contributed by atoms with Crippen molar-refractivity contribution in [3.63, 3.8) is 0 Å². The number of hydrogen-bond acceptors (Lipinski definition) is 0. The van der Waals surface area contributed by atoms with Gasteiger partial charge in [-0.05, 0) is 31.2 Å². The molecule has 0 amide bonds. The number of hydrogen-bond donors (Lipinski definition) is 1. The van der Waals surface area contributed by atoms with Gasteiger partial charge in [0.25, 0.3) is 0 Å². The van der Waals surface area contributed by atoms with Gasteiger partial charge in [-0.1, -0.05) is 224 Å². The number of aromatic nitrogens is 2. The molecule has 0 saturated heterocycles. The van der Waals surface area contributed by atoms with Gasteiger partial charge in [0.05, 0.1) is 0 Å². The second kappa shape index (κ2) is 31.7. The van der Waals surface area contributed by atoms with Crippen LogP contribution in [0.1, 0.15) is 224 Å². The lowest BCUT2D eigenvalue weighted by atomic mass is 9.84. The van der Waals surface area contributed by atoms with E-state index in [1.807, 2.05) is 0 Å². The van der Waals surface area contributed by atoms with Gasteiger partial charge < -0.3 is 0 Å². The fourth-order valence-corrected chi connectivity index (χ4v) is 7.81. The minimum atomic E-state index is 0.602. The van der Waals surface area contributed by atoms with Crippen LogP contribution in [0.25, 0.3) is 0 Å². The summed E-state index contributed by atoms with van der Waals surface area (Å²) in [6.45, 7) is 4.62. The van der Waals surface area contributed by atoms with Crippen molar-refractivity contribution in [3.8, 4) is 0 Å². The molecule has 2 unspecified atom stereocenters. The quantitative estimate of drug-likeness (QED) is 0.0566. The molecule has 2 nitrogen and oxygen atoms in total. The zero-order chi connectivity index (χ0) is 33.3. The molecule has 1 aromatic heterocycles. The molecule has 2 aromatic rings. The average molecular weight is 650 g/mol. The predicted octanol–water partition coefficient (Wildman–Crippen LogP) is 14.8. The highest BCUT2D eigenvalue weighted by atomic mass is 15.1. The number of unbranched alkanes of at least 4 members (excludes halogenated alkanes) is 27. The SMILES string of the molecule is CCCCCCCCCCCCCCCCCCC(C(CCCCCCCCCCCCCCC)Cc1ccccc1)[n+]1cc[nH]c1. The summed E-state index contributed by atoms with van der Waals surface area (Å²) in [7, 11) is 0. The van der Waals surface area contributed by atoms with Crippen molar-refractivity contribution in [3.05, 3.63) is 54.6 Å². The van der Waals surface area contributed by atoms with E-state index < -0.39 is 0 Å². The Morgan fingerprint density at radius 1 is 0.468 bits per heavy atom. The third-order valence-corrected chi connectivity index (χ3v) is 10.9. The van der Waals surface area contributed by atoms with Crippen LogP contribution in [-0.4, -0.2) is 4.98 Å². The molecule has 1 heterocycles. The molecule has 0 saturated carbocycles. The first kappa shape index (κ1) is 41.6. The molecule has 2 atom stereocenters. The summed E-state index contributed by atoms with van der Waals surface area (Å²) in [5, 5.41) is 0. The molecule has 0 aliphatic heterocycles.